The van der Waals surface area contributed by atoms with Crippen LogP contribution in [0.4, 0.5) is 11.4 Å². The second-order valence-corrected chi connectivity index (χ2v) is 5.62. The standard InChI is InChI=1S/C13H19ClN2O3/c1-13(2,6-7-19-3)9-15-11-5-4-10(14)8-12(11)16(17)18/h4-5,8,15H,6-7,9H2,1-3H3. The molecule has 6 heteroatoms. The third kappa shape index (κ3) is 5.04. The lowest BCUT2D eigenvalue weighted by molar-refractivity contribution is -0.383. The van der Waals surface area contributed by atoms with Crippen LogP contribution >= 0.6 is 11.6 Å². The Balaban J connectivity index is 2.75. The molecule has 0 unspecified atom stereocenters. The summed E-state index contributed by atoms with van der Waals surface area (Å²) in [5.41, 5.74) is 0.471. The Morgan fingerprint density at radius 1 is 1.47 bits per heavy atom. The van der Waals surface area contributed by atoms with Gasteiger partial charge in [0.05, 0.1) is 4.92 Å². The molecule has 0 atom stereocenters. The molecule has 0 aliphatic rings. The van der Waals surface area contributed by atoms with E-state index in [0.717, 1.165) is 6.42 Å². The number of anilines is 1. The van der Waals surface area contributed by atoms with E-state index in [2.05, 4.69) is 19.2 Å². The molecule has 106 valence electrons. The first-order chi connectivity index (χ1) is 8.85. The molecular formula is C13H19ClN2O3. The average Bonchev–Trinajstić information content (AvgIpc) is 2.35. The van der Waals surface area contributed by atoms with Crippen molar-refractivity contribution in [3.05, 3.63) is 33.3 Å². The van der Waals surface area contributed by atoms with Crippen molar-refractivity contribution in [2.24, 2.45) is 5.41 Å². The Morgan fingerprint density at radius 2 is 2.16 bits per heavy atom. The molecular weight excluding hydrogens is 268 g/mol. The van der Waals surface area contributed by atoms with Crippen LogP contribution in [0.1, 0.15) is 20.3 Å². The summed E-state index contributed by atoms with van der Waals surface area (Å²) in [5.74, 6) is 0. The molecule has 0 saturated carbocycles. The number of ether oxygens (including phenoxy) is 1. The van der Waals surface area contributed by atoms with Gasteiger partial charge >= 0.3 is 0 Å². The smallest absolute Gasteiger partial charge is 0.293 e. The van der Waals surface area contributed by atoms with E-state index in [0.29, 0.717) is 23.9 Å². The molecule has 0 aromatic heterocycles. The maximum Gasteiger partial charge on any atom is 0.293 e. The number of methoxy groups -OCH3 is 1. The highest BCUT2D eigenvalue weighted by Crippen LogP contribution is 2.29. The van der Waals surface area contributed by atoms with Crippen molar-refractivity contribution in [3.8, 4) is 0 Å². The number of hydrogen-bond donors (Lipinski definition) is 1. The maximum atomic E-state index is 11.0. The second-order valence-electron chi connectivity index (χ2n) is 5.18. The van der Waals surface area contributed by atoms with E-state index in [-0.39, 0.29) is 11.1 Å². The van der Waals surface area contributed by atoms with Gasteiger partial charge in [-0.3, -0.25) is 10.1 Å². The molecule has 0 heterocycles. The predicted octanol–water partition coefficient (Wildman–Crippen LogP) is 3.72. The summed E-state index contributed by atoms with van der Waals surface area (Å²) in [4.78, 5) is 10.5. The van der Waals surface area contributed by atoms with E-state index in [4.69, 9.17) is 16.3 Å². The molecule has 0 saturated heterocycles. The molecule has 5 nitrogen and oxygen atoms in total. The van der Waals surface area contributed by atoms with Gasteiger partial charge in [0.1, 0.15) is 5.69 Å². The number of rotatable bonds is 7. The fourth-order valence-corrected chi connectivity index (χ4v) is 1.77. The van der Waals surface area contributed by atoms with Gasteiger partial charge in [-0.15, -0.1) is 0 Å². The SMILES string of the molecule is COCCC(C)(C)CNc1ccc(Cl)cc1[N+](=O)[O-]. The number of halogens is 1. The minimum absolute atomic E-state index is 0.00459. The van der Waals surface area contributed by atoms with Crippen molar-refractivity contribution >= 4 is 23.0 Å². The molecule has 0 spiro atoms. The highest BCUT2D eigenvalue weighted by molar-refractivity contribution is 6.30. The van der Waals surface area contributed by atoms with Crippen molar-refractivity contribution in [2.45, 2.75) is 20.3 Å². The van der Waals surface area contributed by atoms with Gasteiger partial charge in [-0.1, -0.05) is 25.4 Å². The molecule has 0 aliphatic heterocycles. The van der Waals surface area contributed by atoms with Crippen molar-refractivity contribution < 1.29 is 9.66 Å². The van der Waals surface area contributed by atoms with Crippen LogP contribution in [0.15, 0.2) is 18.2 Å². The van der Waals surface area contributed by atoms with Gasteiger partial charge in [0, 0.05) is 31.4 Å². The van der Waals surface area contributed by atoms with Crippen molar-refractivity contribution in [3.63, 3.8) is 0 Å². The number of nitrogens with zero attached hydrogens (tertiary/aromatic N) is 1. The van der Waals surface area contributed by atoms with E-state index in [1.807, 2.05) is 0 Å². The van der Waals surface area contributed by atoms with Gasteiger partial charge in [0.15, 0.2) is 0 Å². The quantitative estimate of drug-likeness (QED) is 0.613. The molecule has 0 bridgehead atoms. The zero-order valence-electron chi connectivity index (χ0n) is 11.4. The lowest BCUT2D eigenvalue weighted by atomic mass is 9.89. The van der Waals surface area contributed by atoms with Crippen molar-refractivity contribution in [1.29, 1.82) is 0 Å². The Bertz CT molecular complexity index is 450. The van der Waals surface area contributed by atoms with Crippen molar-refractivity contribution in [2.75, 3.05) is 25.6 Å². The summed E-state index contributed by atoms with van der Waals surface area (Å²) in [5, 5.41) is 14.4. The van der Waals surface area contributed by atoms with Gasteiger partial charge in [-0.05, 0) is 24.0 Å². The molecule has 1 aromatic carbocycles. The van der Waals surface area contributed by atoms with Crippen LogP contribution in [-0.4, -0.2) is 25.2 Å². The zero-order chi connectivity index (χ0) is 14.5. The first-order valence-corrected chi connectivity index (χ1v) is 6.40. The van der Waals surface area contributed by atoms with Gasteiger partial charge in [-0.2, -0.15) is 0 Å². The highest BCUT2D eigenvalue weighted by atomic mass is 35.5. The van der Waals surface area contributed by atoms with Crippen LogP contribution < -0.4 is 5.32 Å². The summed E-state index contributed by atoms with van der Waals surface area (Å²) in [6, 6.07) is 4.62. The van der Waals surface area contributed by atoms with E-state index in [1.165, 1.54) is 6.07 Å². The molecule has 0 aliphatic carbocycles. The lowest BCUT2D eigenvalue weighted by Crippen LogP contribution is -2.24. The van der Waals surface area contributed by atoms with Crippen LogP contribution in [0.25, 0.3) is 0 Å². The summed E-state index contributed by atoms with van der Waals surface area (Å²) in [6.45, 7) is 5.46. The Morgan fingerprint density at radius 3 is 2.74 bits per heavy atom. The first kappa shape index (κ1) is 15.7. The number of hydrogen-bond acceptors (Lipinski definition) is 4. The fraction of sp³-hybridized carbons (Fsp3) is 0.538. The molecule has 0 amide bonds. The highest BCUT2D eigenvalue weighted by Gasteiger charge is 2.20. The van der Waals surface area contributed by atoms with Crippen LogP contribution in [0.2, 0.25) is 5.02 Å². The van der Waals surface area contributed by atoms with Crippen LogP contribution in [0.5, 0.6) is 0 Å². The normalized spacial score (nSPS) is 11.4. The van der Waals surface area contributed by atoms with Gasteiger partial charge in [0.2, 0.25) is 0 Å². The number of nitro benzene ring substituents is 1. The number of nitrogens with one attached hydrogen (secondary N) is 1. The van der Waals surface area contributed by atoms with Crippen LogP contribution in [-0.2, 0) is 4.74 Å². The maximum absolute atomic E-state index is 11.0. The Labute approximate surface area is 118 Å². The van der Waals surface area contributed by atoms with E-state index in [9.17, 15) is 10.1 Å². The van der Waals surface area contributed by atoms with Crippen molar-refractivity contribution in [1.82, 2.24) is 0 Å². The summed E-state index contributed by atoms with van der Waals surface area (Å²) >= 11 is 5.77. The van der Waals surface area contributed by atoms with Gasteiger partial charge < -0.3 is 10.1 Å². The third-order valence-electron chi connectivity index (χ3n) is 2.90. The molecule has 0 fully saturated rings. The number of nitro groups is 1. The van der Waals surface area contributed by atoms with Crippen LogP contribution in [0.3, 0.4) is 0 Å². The lowest BCUT2D eigenvalue weighted by Gasteiger charge is -2.25. The van der Waals surface area contributed by atoms with E-state index < -0.39 is 4.92 Å². The van der Waals surface area contributed by atoms with Gasteiger partial charge in [0.25, 0.3) is 5.69 Å². The third-order valence-corrected chi connectivity index (χ3v) is 3.13. The fourth-order valence-electron chi connectivity index (χ4n) is 1.61. The summed E-state index contributed by atoms with van der Waals surface area (Å²) in [6.07, 6.45) is 0.873. The number of benzene rings is 1. The summed E-state index contributed by atoms with van der Waals surface area (Å²) < 4.78 is 5.05. The monoisotopic (exact) mass is 286 g/mol. The van der Waals surface area contributed by atoms with Crippen LogP contribution in [0, 0.1) is 15.5 Å². The Hall–Kier alpha value is -1.33. The first-order valence-electron chi connectivity index (χ1n) is 6.02. The minimum Gasteiger partial charge on any atom is -0.385 e. The Kier molecular flexibility index (Phi) is 5.57. The topological polar surface area (TPSA) is 64.4 Å². The predicted molar refractivity (Wildman–Crippen MR) is 76.9 cm³/mol. The molecule has 19 heavy (non-hydrogen) atoms. The summed E-state index contributed by atoms with van der Waals surface area (Å²) in [7, 11) is 1.66. The molecule has 1 aromatic rings. The van der Waals surface area contributed by atoms with E-state index in [1.54, 1.807) is 19.2 Å². The second kappa shape index (κ2) is 6.73. The minimum atomic E-state index is -0.434. The zero-order valence-corrected chi connectivity index (χ0v) is 12.2. The van der Waals surface area contributed by atoms with E-state index >= 15 is 0 Å². The largest absolute Gasteiger partial charge is 0.385 e. The molecule has 1 rings (SSSR count). The molecule has 0 radical (unpaired) electrons. The van der Waals surface area contributed by atoms with Gasteiger partial charge in [-0.25, -0.2) is 0 Å². The average molecular weight is 287 g/mol. The molecule has 1 N–H and O–H groups in total.